The Balaban J connectivity index is 2.18. The second kappa shape index (κ2) is 6.49. The molecule has 0 saturated carbocycles. The van der Waals surface area contributed by atoms with Gasteiger partial charge in [-0.15, -0.1) is 0 Å². The minimum Gasteiger partial charge on any atom is -0.462 e. The van der Waals surface area contributed by atoms with E-state index in [0.29, 0.717) is 5.75 Å². The minimum atomic E-state index is -1.66. The normalized spacial score (nSPS) is 38.2. The van der Waals surface area contributed by atoms with Crippen molar-refractivity contribution >= 4 is 0 Å². The first-order valence-corrected chi connectivity index (χ1v) is 6.25. The molecule has 2 rings (SSSR count). The number of ether oxygens (including phenoxy) is 2. The third-order valence-corrected chi connectivity index (χ3v) is 3.19. The molecule has 1 fully saturated rings. The van der Waals surface area contributed by atoms with Gasteiger partial charge in [-0.25, -0.2) is 0 Å². The summed E-state index contributed by atoms with van der Waals surface area (Å²) in [5.74, 6) is 0.381. The largest absolute Gasteiger partial charge is 0.462 e. The van der Waals surface area contributed by atoms with Crippen LogP contribution in [0, 0.1) is 0 Å². The van der Waals surface area contributed by atoms with Crippen LogP contribution in [-0.4, -0.2) is 68.9 Å². The Hall–Kier alpha value is -1.22. The average Bonchev–Trinajstić information content (AvgIpc) is 2.55. The first-order valence-electron chi connectivity index (χ1n) is 6.25. The lowest BCUT2D eigenvalue weighted by atomic mass is 10.0. The Morgan fingerprint density at radius 3 is 2.10 bits per heavy atom. The molecule has 1 saturated heterocycles. The van der Waals surface area contributed by atoms with Crippen molar-refractivity contribution in [2.75, 3.05) is 6.61 Å². The maximum absolute atomic E-state index is 9.93. The Labute approximate surface area is 115 Å². The highest BCUT2D eigenvalue weighted by Crippen LogP contribution is 2.23. The topological polar surface area (TPSA) is 120 Å². The number of benzene rings is 1. The van der Waals surface area contributed by atoms with Crippen molar-refractivity contribution in [1.82, 2.24) is 0 Å². The van der Waals surface area contributed by atoms with Gasteiger partial charge in [0.2, 0.25) is 6.29 Å². The molecule has 1 aromatic carbocycles. The number of aliphatic hydroxyl groups excluding tert-OH is 5. The van der Waals surface area contributed by atoms with Crippen molar-refractivity contribution in [2.45, 2.75) is 36.8 Å². The second-order valence-electron chi connectivity index (χ2n) is 4.62. The van der Waals surface area contributed by atoms with E-state index in [2.05, 4.69) is 0 Å². The molecule has 7 heteroatoms. The molecule has 0 amide bonds. The van der Waals surface area contributed by atoms with E-state index in [4.69, 9.17) is 14.6 Å². The maximum Gasteiger partial charge on any atom is 0.229 e. The van der Waals surface area contributed by atoms with Crippen LogP contribution in [0.5, 0.6) is 5.75 Å². The number of hydrogen-bond donors (Lipinski definition) is 5. The second-order valence-corrected chi connectivity index (χ2v) is 4.62. The molecule has 112 valence electrons. The van der Waals surface area contributed by atoms with Crippen molar-refractivity contribution in [3.8, 4) is 5.75 Å². The molecule has 0 aromatic heterocycles. The molecule has 6 atom stereocenters. The summed E-state index contributed by atoms with van der Waals surface area (Å²) in [6.45, 7) is -0.591. The fraction of sp³-hybridized carbons (Fsp3) is 0.538. The molecular weight excluding hydrogens is 268 g/mol. The summed E-state index contributed by atoms with van der Waals surface area (Å²) in [5.41, 5.74) is 0. The molecule has 0 radical (unpaired) electrons. The summed E-state index contributed by atoms with van der Waals surface area (Å²) in [4.78, 5) is 0. The summed E-state index contributed by atoms with van der Waals surface area (Å²) in [6, 6.07) is 8.43. The number of aliphatic hydroxyl groups is 5. The lowest BCUT2D eigenvalue weighted by Gasteiger charge is -2.26. The summed E-state index contributed by atoms with van der Waals surface area (Å²) in [5, 5.41) is 48.2. The van der Waals surface area contributed by atoms with Gasteiger partial charge in [0.1, 0.15) is 36.3 Å². The Bertz CT molecular complexity index is 410. The number of hydrogen-bond acceptors (Lipinski definition) is 7. The molecule has 0 aliphatic carbocycles. The fourth-order valence-electron chi connectivity index (χ4n) is 2.00. The monoisotopic (exact) mass is 286 g/mol. The highest BCUT2D eigenvalue weighted by atomic mass is 16.7. The smallest absolute Gasteiger partial charge is 0.229 e. The van der Waals surface area contributed by atoms with E-state index in [1.807, 2.05) is 0 Å². The van der Waals surface area contributed by atoms with Crippen LogP contribution in [0.1, 0.15) is 0 Å². The number of rotatable bonds is 3. The van der Waals surface area contributed by atoms with Crippen LogP contribution in [-0.2, 0) is 4.74 Å². The highest BCUT2D eigenvalue weighted by molar-refractivity contribution is 5.21. The van der Waals surface area contributed by atoms with Crippen LogP contribution in [0.15, 0.2) is 30.3 Å². The van der Waals surface area contributed by atoms with Crippen LogP contribution in [0.25, 0.3) is 0 Å². The third-order valence-electron chi connectivity index (χ3n) is 3.19. The van der Waals surface area contributed by atoms with Gasteiger partial charge in [-0.2, -0.15) is 0 Å². The van der Waals surface area contributed by atoms with E-state index >= 15 is 0 Å². The van der Waals surface area contributed by atoms with Gasteiger partial charge >= 0.3 is 0 Å². The molecule has 1 aliphatic rings. The van der Waals surface area contributed by atoms with Gasteiger partial charge in [0, 0.05) is 0 Å². The molecule has 1 aliphatic heterocycles. The van der Waals surface area contributed by atoms with Gasteiger partial charge in [0.05, 0.1) is 6.61 Å². The lowest BCUT2D eigenvalue weighted by molar-refractivity contribution is -0.195. The first kappa shape index (κ1) is 15.2. The van der Waals surface area contributed by atoms with Crippen LogP contribution < -0.4 is 4.74 Å². The lowest BCUT2D eigenvalue weighted by Crippen LogP contribution is -2.48. The summed E-state index contributed by atoms with van der Waals surface area (Å²) in [7, 11) is 0. The first-order chi connectivity index (χ1) is 9.54. The van der Waals surface area contributed by atoms with Gasteiger partial charge in [-0.3, -0.25) is 0 Å². The van der Waals surface area contributed by atoms with E-state index in [1.165, 1.54) is 0 Å². The summed E-state index contributed by atoms with van der Waals surface area (Å²) in [6.07, 6.45) is -8.91. The van der Waals surface area contributed by atoms with Gasteiger partial charge in [-0.05, 0) is 12.1 Å². The minimum absolute atomic E-state index is 0.381. The van der Waals surface area contributed by atoms with E-state index < -0.39 is 43.4 Å². The maximum atomic E-state index is 9.93. The summed E-state index contributed by atoms with van der Waals surface area (Å²) < 4.78 is 10.6. The zero-order valence-corrected chi connectivity index (χ0v) is 10.6. The van der Waals surface area contributed by atoms with Crippen LogP contribution in [0.3, 0.4) is 0 Å². The molecule has 20 heavy (non-hydrogen) atoms. The van der Waals surface area contributed by atoms with Crippen LogP contribution in [0.2, 0.25) is 0 Å². The molecule has 7 nitrogen and oxygen atoms in total. The highest BCUT2D eigenvalue weighted by Gasteiger charge is 2.45. The quantitative estimate of drug-likeness (QED) is 0.446. The van der Waals surface area contributed by atoms with Crippen LogP contribution in [0.4, 0.5) is 0 Å². The van der Waals surface area contributed by atoms with Crippen molar-refractivity contribution in [3.05, 3.63) is 30.3 Å². The van der Waals surface area contributed by atoms with E-state index in [9.17, 15) is 20.4 Å². The average molecular weight is 286 g/mol. The molecule has 5 N–H and O–H groups in total. The molecule has 1 unspecified atom stereocenters. The fourth-order valence-corrected chi connectivity index (χ4v) is 2.00. The Morgan fingerprint density at radius 1 is 0.900 bits per heavy atom. The molecule has 0 bridgehead atoms. The van der Waals surface area contributed by atoms with Crippen molar-refractivity contribution < 1.29 is 35.0 Å². The molecule has 1 aromatic rings. The van der Waals surface area contributed by atoms with Gasteiger partial charge in [0.25, 0.3) is 0 Å². The zero-order valence-electron chi connectivity index (χ0n) is 10.6. The zero-order chi connectivity index (χ0) is 14.7. The number of para-hydroxylation sites is 1. The van der Waals surface area contributed by atoms with Crippen molar-refractivity contribution in [3.63, 3.8) is 0 Å². The Kier molecular flexibility index (Phi) is 4.92. The third kappa shape index (κ3) is 3.09. The van der Waals surface area contributed by atoms with E-state index in [1.54, 1.807) is 30.3 Å². The predicted octanol–water partition coefficient (Wildman–Crippen LogP) is -1.77. The summed E-state index contributed by atoms with van der Waals surface area (Å²) >= 11 is 0. The SMILES string of the molecule is OC[C@H]1O[C@@H](Oc2ccccc2)[C@@H](O)C(O)[C@@H](O)[C@@H]1O. The van der Waals surface area contributed by atoms with Gasteiger partial charge < -0.3 is 35.0 Å². The Morgan fingerprint density at radius 2 is 1.50 bits per heavy atom. The van der Waals surface area contributed by atoms with Crippen molar-refractivity contribution in [2.24, 2.45) is 0 Å². The van der Waals surface area contributed by atoms with Gasteiger partial charge in [0.15, 0.2) is 0 Å². The molecular formula is C13H18O7. The predicted molar refractivity (Wildman–Crippen MR) is 66.8 cm³/mol. The van der Waals surface area contributed by atoms with Crippen molar-refractivity contribution in [1.29, 1.82) is 0 Å². The van der Waals surface area contributed by atoms with Crippen LogP contribution >= 0.6 is 0 Å². The molecule has 0 spiro atoms. The van der Waals surface area contributed by atoms with E-state index in [-0.39, 0.29) is 0 Å². The van der Waals surface area contributed by atoms with E-state index in [0.717, 1.165) is 0 Å². The van der Waals surface area contributed by atoms with Gasteiger partial charge in [-0.1, -0.05) is 18.2 Å². The molecule has 1 heterocycles. The standard InChI is InChI=1S/C13H18O7/c14-6-8-9(15)10(16)11(17)12(18)13(20-8)19-7-4-2-1-3-5-7/h1-5,8-18H,6H2/t8-,9-,10+,11?,12+,13-/m1/s1.